The monoisotopic (exact) mass is 211 g/mol. The lowest BCUT2D eigenvalue weighted by molar-refractivity contribution is -0.117. The molecule has 5 heteroatoms. The predicted octanol–water partition coefficient (Wildman–Crippen LogP) is 1.08. The van der Waals surface area contributed by atoms with Crippen LogP contribution in [0.5, 0.6) is 0 Å². The molecule has 0 fully saturated rings. The lowest BCUT2D eigenvalue weighted by atomic mass is 10.0. The molecule has 2 heterocycles. The van der Waals surface area contributed by atoms with Crippen LogP contribution in [0.2, 0.25) is 0 Å². The van der Waals surface area contributed by atoms with E-state index in [0.717, 1.165) is 24.4 Å². The van der Waals surface area contributed by atoms with Gasteiger partial charge in [-0.2, -0.15) is 0 Å². The number of fused-ring (bicyclic) bond motifs is 1. The average molecular weight is 211 g/mol. The fourth-order valence-electron chi connectivity index (χ4n) is 2.09. The molecular formula is C9H13N3OS. The van der Waals surface area contributed by atoms with Crippen LogP contribution in [0.3, 0.4) is 0 Å². The zero-order valence-corrected chi connectivity index (χ0v) is 8.86. The van der Waals surface area contributed by atoms with Crippen LogP contribution in [-0.4, -0.2) is 15.5 Å². The quantitative estimate of drug-likeness (QED) is 0.719. The Morgan fingerprint density at radius 3 is 3.14 bits per heavy atom. The topological polar surface area (TPSA) is 63.8 Å². The molecule has 2 rings (SSSR count). The van der Waals surface area contributed by atoms with E-state index < -0.39 is 0 Å². The Bertz CT molecular complexity index is 432. The number of hydrogen-bond donors (Lipinski definition) is 2. The van der Waals surface area contributed by atoms with Crippen LogP contribution in [0.15, 0.2) is 0 Å². The molecule has 1 aromatic heterocycles. The minimum Gasteiger partial charge on any atom is -0.369 e. The summed E-state index contributed by atoms with van der Waals surface area (Å²) in [6, 6.07) is 0. The summed E-state index contributed by atoms with van der Waals surface area (Å²) in [6.45, 7) is 3.09. The van der Waals surface area contributed by atoms with Crippen molar-refractivity contribution in [2.45, 2.75) is 32.2 Å². The molecule has 0 aromatic carbocycles. The van der Waals surface area contributed by atoms with Gasteiger partial charge < -0.3 is 15.3 Å². The second-order valence-corrected chi connectivity index (χ2v) is 4.17. The summed E-state index contributed by atoms with van der Waals surface area (Å²) in [5.41, 5.74) is 7.23. The van der Waals surface area contributed by atoms with E-state index in [1.807, 2.05) is 0 Å². The molecule has 4 nitrogen and oxygen atoms in total. The Hall–Kier alpha value is -1.10. The highest BCUT2D eigenvalue weighted by Crippen LogP contribution is 2.30. The summed E-state index contributed by atoms with van der Waals surface area (Å²) in [6.07, 6.45) is 1.36. The van der Waals surface area contributed by atoms with Crippen LogP contribution < -0.4 is 5.73 Å². The SMILES string of the molecule is CC1CCn2c1c(CC(N)=O)[nH]c2=S. The number of hydrogen-bond acceptors (Lipinski definition) is 2. The Morgan fingerprint density at radius 1 is 1.79 bits per heavy atom. The van der Waals surface area contributed by atoms with Crippen molar-refractivity contribution in [2.75, 3.05) is 0 Å². The minimum atomic E-state index is -0.316. The second-order valence-electron chi connectivity index (χ2n) is 3.78. The molecule has 0 bridgehead atoms. The third-order valence-corrected chi connectivity index (χ3v) is 3.03. The molecule has 14 heavy (non-hydrogen) atoms. The zero-order chi connectivity index (χ0) is 10.3. The maximum Gasteiger partial charge on any atom is 0.223 e. The van der Waals surface area contributed by atoms with Crippen LogP contribution >= 0.6 is 12.2 Å². The Morgan fingerprint density at radius 2 is 2.50 bits per heavy atom. The Labute approximate surface area is 87.1 Å². The molecule has 0 radical (unpaired) electrons. The summed E-state index contributed by atoms with van der Waals surface area (Å²) >= 11 is 5.16. The van der Waals surface area contributed by atoms with Crippen molar-refractivity contribution in [1.82, 2.24) is 9.55 Å². The molecule has 1 aliphatic rings. The van der Waals surface area contributed by atoms with Gasteiger partial charge >= 0.3 is 0 Å². The fourth-order valence-corrected chi connectivity index (χ4v) is 2.40. The standard InChI is InChI=1S/C9H13N3OS/c1-5-2-3-12-8(5)6(4-7(10)13)11-9(12)14/h5H,2-4H2,1H3,(H2,10,13)(H,11,14). The molecule has 0 aliphatic carbocycles. The van der Waals surface area contributed by atoms with Crippen molar-refractivity contribution >= 4 is 18.1 Å². The van der Waals surface area contributed by atoms with E-state index in [1.54, 1.807) is 0 Å². The van der Waals surface area contributed by atoms with Gasteiger partial charge in [-0.05, 0) is 24.6 Å². The van der Waals surface area contributed by atoms with Crippen LogP contribution in [0.4, 0.5) is 0 Å². The number of H-pyrrole nitrogens is 1. The van der Waals surface area contributed by atoms with E-state index in [2.05, 4.69) is 16.5 Å². The van der Waals surface area contributed by atoms with Crippen molar-refractivity contribution in [1.29, 1.82) is 0 Å². The predicted molar refractivity (Wildman–Crippen MR) is 55.5 cm³/mol. The molecule has 0 spiro atoms. The molecule has 0 saturated heterocycles. The number of rotatable bonds is 2. The smallest absolute Gasteiger partial charge is 0.223 e. The number of imidazole rings is 1. The highest BCUT2D eigenvalue weighted by atomic mass is 32.1. The molecule has 1 aliphatic heterocycles. The summed E-state index contributed by atoms with van der Waals surface area (Å²) < 4.78 is 2.78. The van der Waals surface area contributed by atoms with Crippen molar-refractivity contribution in [3.63, 3.8) is 0 Å². The number of carbonyl (C=O) groups is 1. The maximum absolute atomic E-state index is 10.8. The van der Waals surface area contributed by atoms with E-state index in [-0.39, 0.29) is 12.3 Å². The van der Waals surface area contributed by atoms with Crippen molar-refractivity contribution in [3.05, 3.63) is 16.2 Å². The summed E-state index contributed by atoms with van der Waals surface area (Å²) in [5.74, 6) is 0.154. The molecule has 76 valence electrons. The number of nitrogens with two attached hydrogens (primary N) is 1. The third kappa shape index (κ3) is 1.37. The van der Waals surface area contributed by atoms with Crippen molar-refractivity contribution in [2.24, 2.45) is 5.73 Å². The van der Waals surface area contributed by atoms with Gasteiger partial charge in [-0.3, -0.25) is 4.79 Å². The fraction of sp³-hybridized carbons (Fsp3) is 0.556. The summed E-state index contributed by atoms with van der Waals surface area (Å²) in [7, 11) is 0. The van der Waals surface area contributed by atoms with E-state index >= 15 is 0 Å². The lowest BCUT2D eigenvalue weighted by Crippen LogP contribution is -2.15. The number of carbonyl (C=O) groups excluding carboxylic acids is 1. The van der Waals surface area contributed by atoms with E-state index in [0.29, 0.717) is 10.7 Å². The molecule has 1 atom stereocenters. The van der Waals surface area contributed by atoms with E-state index in [1.165, 1.54) is 0 Å². The van der Waals surface area contributed by atoms with Crippen LogP contribution in [0.25, 0.3) is 0 Å². The maximum atomic E-state index is 10.8. The van der Waals surface area contributed by atoms with Gasteiger partial charge in [0.25, 0.3) is 0 Å². The molecule has 1 unspecified atom stereocenters. The number of aromatic nitrogens is 2. The van der Waals surface area contributed by atoms with Crippen LogP contribution in [0, 0.1) is 4.77 Å². The molecular weight excluding hydrogens is 198 g/mol. The molecule has 1 amide bonds. The molecule has 1 aromatic rings. The Kier molecular flexibility index (Phi) is 2.19. The van der Waals surface area contributed by atoms with Crippen molar-refractivity contribution in [3.8, 4) is 0 Å². The first-order valence-corrected chi connectivity index (χ1v) is 5.10. The van der Waals surface area contributed by atoms with Crippen molar-refractivity contribution < 1.29 is 4.79 Å². The lowest BCUT2D eigenvalue weighted by Gasteiger charge is -2.03. The first-order chi connectivity index (χ1) is 6.59. The number of amides is 1. The number of nitrogens with one attached hydrogen (secondary N) is 1. The largest absolute Gasteiger partial charge is 0.369 e. The second kappa shape index (κ2) is 3.24. The third-order valence-electron chi connectivity index (χ3n) is 2.71. The van der Waals surface area contributed by atoms with Crippen LogP contribution in [0.1, 0.15) is 30.7 Å². The molecule has 0 saturated carbocycles. The Balaban J connectivity index is 2.47. The summed E-state index contributed by atoms with van der Waals surface area (Å²) in [4.78, 5) is 13.9. The first-order valence-electron chi connectivity index (χ1n) is 4.69. The normalized spacial score (nSPS) is 19.6. The average Bonchev–Trinajstić information content (AvgIpc) is 2.56. The van der Waals surface area contributed by atoms with Gasteiger partial charge in [-0.1, -0.05) is 6.92 Å². The number of nitrogens with zero attached hydrogens (tertiary/aromatic N) is 1. The van der Waals surface area contributed by atoms with Gasteiger partial charge in [0, 0.05) is 17.9 Å². The van der Waals surface area contributed by atoms with Gasteiger partial charge in [-0.25, -0.2) is 0 Å². The highest BCUT2D eigenvalue weighted by molar-refractivity contribution is 7.71. The van der Waals surface area contributed by atoms with Gasteiger partial charge in [-0.15, -0.1) is 0 Å². The minimum absolute atomic E-state index is 0.260. The number of aromatic amines is 1. The molecule has 3 N–H and O–H groups in total. The van der Waals surface area contributed by atoms with Gasteiger partial charge in [0.15, 0.2) is 4.77 Å². The highest BCUT2D eigenvalue weighted by Gasteiger charge is 2.24. The van der Waals surface area contributed by atoms with Gasteiger partial charge in [0.2, 0.25) is 5.91 Å². The zero-order valence-electron chi connectivity index (χ0n) is 8.04. The van der Waals surface area contributed by atoms with E-state index in [4.69, 9.17) is 18.0 Å². The number of primary amides is 1. The van der Waals surface area contributed by atoms with Gasteiger partial charge in [0.1, 0.15) is 0 Å². The summed E-state index contributed by atoms with van der Waals surface area (Å²) in [5, 5.41) is 0. The first kappa shape index (κ1) is 9.45. The van der Waals surface area contributed by atoms with Gasteiger partial charge in [0.05, 0.1) is 6.42 Å². The van der Waals surface area contributed by atoms with Crippen LogP contribution in [-0.2, 0) is 17.8 Å². The van der Waals surface area contributed by atoms with E-state index in [9.17, 15) is 4.79 Å².